The largest absolute Gasteiger partial charge is 0.477 e. The summed E-state index contributed by atoms with van der Waals surface area (Å²) in [6.07, 6.45) is 5.37. The molecule has 0 aromatic rings. The highest BCUT2D eigenvalue weighted by Crippen LogP contribution is 2.39. The molecule has 0 aliphatic carbocycles. The second kappa shape index (κ2) is 7.04. The number of cyclic esters (lactones) is 1. The van der Waals surface area contributed by atoms with Gasteiger partial charge in [-0.3, -0.25) is 0 Å². The maximum atomic E-state index is 12.3. The third-order valence-electron chi connectivity index (χ3n) is 5.14. The summed E-state index contributed by atoms with van der Waals surface area (Å²) in [6, 6.07) is 0. The van der Waals surface area contributed by atoms with Crippen molar-refractivity contribution in [1.29, 1.82) is 0 Å². The summed E-state index contributed by atoms with van der Waals surface area (Å²) in [4.78, 5) is 12.3. The van der Waals surface area contributed by atoms with Gasteiger partial charge < -0.3 is 19.3 Å². The summed E-state index contributed by atoms with van der Waals surface area (Å²) in [7, 11) is 0. The van der Waals surface area contributed by atoms with Crippen LogP contribution in [0.2, 0.25) is 0 Å². The monoisotopic (exact) mass is 340 g/mol. The molecule has 2 aliphatic rings. The molecule has 5 nitrogen and oxygen atoms in total. The Balaban J connectivity index is 2.13. The lowest BCUT2D eigenvalue weighted by Gasteiger charge is -2.33. The average molecular weight is 340 g/mol. The Labute approximate surface area is 145 Å². The fourth-order valence-electron chi connectivity index (χ4n) is 3.26. The lowest BCUT2D eigenvalue weighted by atomic mass is 9.80. The van der Waals surface area contributed by atoms with Crippen LogP contribution in [0.1, 0.15) is 66.7 Å². The van der Waals surface area contributed by atoms with E-state index in [-0.39, 0.29) is 17.6 Å². The molecule has 2 aliphatic heterocycles. The molecule has 0 aromatic carbocycles. The van der Waals surface area contributed by atoms with Crippen LogP contribution in [0.15, 0.2) is 11.8 Å². The van der Waals surface area contributed by atoms with Crippen LogP contribution in [0.4, 0.5) is 0 Å². The van der Waals surface area contributed by atoms with Crippen molar-refractivity contribution in [2.45, 2.75) is 84.0 Å². The van der Waals surface area contributed by atoms with Gasteiger partial charge >= 0.3 is 5.97 Å². The van der Waals surface area contributed by atoms with E-state index < -0.39 is 17.7 Å². The summed E-state index contributed by atoms with van der Waals surface area (Å²) in [5.41, 5.74) is -1.61. The molecule has 1 saturated heterocycles. The number of rotatable bonds is 0. The molecule has 1 N–H and O–H groups in total. The Morgan fingerprint density at radius 1 is 1.08 bits per heavy atom. The zero-order chi connectivity index (χ0) is 18.0. The molecule has 2 heterocycles. The van der Waals surface area contributed by atoms with E-state index in [9.17, 15) is 9.90 Å². The van der Waals surface area contributed by atoms with Crippen LogP contribution >= 0.6 is 0 Å². The number of carbonyl (C=O) groups excluding carboxylic acids is 1. The highest BCUT2D eigenvalue weighted by atomic mass is 16.6. The molecule has 0 radical (unpaired) electrons. The van der Waals surface area contributed by atoms with Crippen LogP contribution in [0, 0.1) is 5.41 Å². The number of ether oxygens (including phenoxy) is 3. The molecule has 0 spiro atoms. The van der Waals surface area contributed by atoms with Crippen LogP contribution in [-0.4, -0.2) is 41.6 Å². The number of fused-ring (bicyclic) bond motifs is 2. The van der Waals surface area contributed by atoms with Crippen molar-refractivity contribution in [2.24, 2.45) is 5.41 Å². The predicted octanol–water partition coefficient (Wildman–Crippen LogP) is 3.35. The molecular formula is C19H32O5. The number of aliphatic hydroxyl groups excluding tert-OH is 1. The van der Waals surface area contributed by atoms with E-state index in [0.717, 1.165) is 25.7 Å². The van der Waals surface area contributed by atoms with E-state index in [2.05, 4.69) is 13.8 Å². The highest BCUT2D eigenvalue weighted by Gasteiger charge is 2.45. The Hall–Kier alpha value is -1.07. The highest BCUT2D eigenvalue weighted by molar-refractivity contribution is 5.80. The van der Waals surface area contributed by atoms with Crippen LogP contribution in [0.25, 0.3) is 0 Å². The Kier molecular flexibility index (Phi) is 5.65. The molecule has 0 aromatic heterocycles. The fourth-order valence-corrected chi connectivity index (χ4v) is 3.26. The molecule has 2 bridgehead atoms. The fraction of sp³-hybridized carbons (Fsp3) is 0.842. The van der Waals surface area contributed by atoms with Gasteiger partial charge in [-0.15, -0.1) is 0 Å². The predicted molar refractivity (Wildman–Crippen MR) is 91.4 cm³/mol. The van der Waals surface area contributed by atoms with E-state index in [1.54, 1.807) is 6.92 Å². The van der Waals surface area contributed by atoms with E-state index in [1.165, 1.54) is 0 Å². The Morgan fingerprint density at radius 2 is 1.75 bits per heavy atom. The van der Waals surface area contributed by atoms with Crippen LogP contribution in [-0.2, 0) is 19.0 Å². The first-order valence-electron chi connectivity index (χ1n) is 8.94. The van der Waals surface area contributed by atoms with Crippen LogP contribution < -0.4 is 0 Å². The van der Waals surface area contributed by atoms with E-state index in [4.69, 9.17) is 14.2 Å². The number of hydrogen-bond acceptors (Lipinski definition) is 5. The first-order chi connectivity index (χ1) is 11.1. The van der Waals surface area contributed by atoms with Crippen LogP contribution in [0.5, 0.6) is 0 Å². The molecule has 0 amide bonds. The van der Waals surface area contributed by atoms with E-state index >= 15 is 0 Å². The molecule has 2 rings (SSSR count). The Bertz CT molecular complexity index is 494. The van der Waals surface area contributed by atoms with Crippen molar-refractivity contribution in [3.05, 3.63) is 11.8 Å². The summed E-state index contributed by atoms with van der Waals surface area (Å²) in [5, 5.41) is 10.7. The van der Waals surface area contributed by atoms with Gasteiger partial charge in [-0.05, 0) is 45.1 Å². The molecule has 2 unspecified atom stereocenters. The first kappa shape index (κ1) is 19.3. The van der Waals surface area contributed by atoms with Crippen molar-refractivity contribution in [3.8, 4) is 0 Å². The van der Waals surface area contributed by atoms with Gasteiger partial charge in [0.25, 0.3) is 0 Å². The number of hydrogen-bond donors (Lipinski definition) is 1. The third kappa shape index (κ3) is 4.51. The minimum atomic E-state index is -1.05. The van der Waals surface area contributed by atoms with Gasteiger partial charge in [-0.1, -0.05) is 26.7 Å². The van der Waals surface area contributed by atoms with Crippen molar-refractivity contribution in [1.82, 2.24) is 0 Å². The molecular weight excluding hydrogens is 308 g/mol. The zero-order valence-corrected chi connectivity index (χ0v) is 15.7. The van der Waals surface area contributed by atoms with Gasteiger partial charge in [0.05, 0.1) is 12.2 Å². The second-order valence-corrected chi connectivity index (χ2v) is 8.49. The van der Waals surface area contributed by atoms with Crippen molar-refractivity contribution in [2.75, 3.05) is 13.2 Å². The SMILES string of the molecule is CC1(C)CCCCC(C)(C)C(O)C2=CCC(C)(O2)C(=O)OCCO1. The molecule has 0 saturated carbocycles. The average Bonchev–Trinajstić information content (AvgIpc) is 2.90. The zero-order valence-electron chi connectivity index (χ0n) is 15.7. The summed E-state index contributed by atoms with van der Waals surface area (Å²) in [5.74, 6) is 0.0842. The van der Waals surface area contributed by atoms with Crippen LogP contribution in [0.3, 0.4) is 0 Å². The van der Waals surface area contributed by atoms with E-state index in [0.29, 0.717) is 18.8 Å². The smallest absolute Gasteiger partial charge is 0.350 e. The van der Waals surface area contributed by atoms with Crippen molar-refractivity contribution < 1.29 is 24.1 Å². The molecule has 138 valence electrons. The topological polar surface area (TPSA) is 65.0 Å². The molecule has 24 heavy (non-hydrogen) atoms. The number of aliphatic hydroxyl groups is 1. The summed E-state index contributed by atoms with van der Waals surface area (Å²) in [6.45, 7) is 10.5. The van der Waals surface area contributed by atoms with Gasteiger partial charge in [0, 0.05) is 6.42 Å². The summed E-state index contributed by atoms with van der Waals surface area (Å²) < 4.78 is 17.0. The lowest BCUT2D eigenvalue weighted by molar-refractivity contribution is -0.168. The van der Waals surface area contributed by atoms with Gasteiger partial charge in [0.1, 0.15) is 18.5 Å². The lowest BCUT2D eigenvalue weighted by Crippen LogP contribution is -2.39. The summed E-state index contributed by atoms with van der Waals surface area (Å²) >= 11 is 0. The quantitative estimate of drug-likeness (QED) is 0.685. The van der Waals surface area contributed by atoms with Gasteiger partial charge in [-0.25, -0.2) is 4.79 Å². The molecule has 2 atom stereocenters. The Morgan fingerprint density at radius 3 is 2.46 bits per heavy atom. The standard InChI is InChI=1S/C19H32O5/c1-17(2)9-6-7-10-18(3,4)23-13-12-22-16(21)19(5)11-8-14(24-19)15(17)20/h8,15,20H,6-7,9-13H2,1-5H3. The number of carbonyl (C=O) groups is 1. The second-order valence-electron chi connectivity index (χ2n) is 8.49. The normalized spacial score (nSPS) is 34.3. The minimum Gasteiger partial charge on any atom is -0.477 e. The van der Waals surface area contributed by atoms with Gasteiger partial charge in [0.2, 0.25) is 5.60 Å². The van der Waals surface area contributed by atoms with Crippen molar-refractivity contribution in [3.63, 3.8) is 0 Å². The maximum absolute atomic E-state index is 12.3. The maximum Gasteiger partial charge on any atom is 0.350 e. The molecule has 1 fully saturated rings. The third-order valence-corrected chi connectivity index (χ3v) is 5.14. The van der Waals surface area contributed by atoms with Gasteiger partial charge in [0.15, 0.2) is 0 Å². The van der Waals surface area contributed by atoms with E-state index in [1.807, 2.05) is 19.9 Å². The van der Waals surface area contributed by atoms with Crippen molar-refractivity contribution >= 4 is 5.97 Å². The van der Waals surface area contributed by atoms with Gasteiger partial charge in [-0.2, -0.15) is 0 Å². The number of esters is 1. The minimum absolute atomic E-state index is 0.213. The first-order valence-corrected chi connectivity index (χ1v) is 8.94. The molecule has 5 heteroatoms.